The number of aromatic hydroxyl groups is 1. The lowest BCUT2D eigenvalue weighted by Crippen LogP contribution is -2.63. The van der Waals surface area contributed by atoms with Crippen LogP contribution in [-0.4, -0.2) is 154 Å². The number of nitrogens with two attached hydrogens (primary N) is 1. The average Bonchev–Trinajstić information content (AvgIpc) is 3.63. The summed E-state index contributed by atoms with van der Waals surface area (Å²) < 4.78 is 11.1. The van der Waals surface area contributed by atoms with Gasteiger partial charge in [-0.3, -0.25) is 19.2 Å². The molecule has 0 aromatic heterocycles. The molecule has 2 saturated heterocycles. The van der Waals surface area contributed by atoms with Gasteiger partial charge in [-0.15, -0.1) is 0 Å². The Morgan fingerprint density at radius 2 is 1.56 bits per heavy atom. The van der Waals surface area contributed by atoms with Crippen LogP contribution in [0, 0.1) is 5.92 Å². The monoisotopic (exact) mass is 781 g/mol. The van der Waals surface area contributed by atoms with Gasteiger partial charge in [0.1, 0.15) is 29.9 Å². The molecule has 17 nitrogen and oxygen atoms in total. The van der Waals surface area contributed by atoms with E-state index in [4.69, 9.17) is 14.9 Å². The average molecular weight is 782 g/mol. The number of ether oxygens (including phenoxy) is 1. The van der Waals surface area contributed by atoms with Crippen LogP contribution in [0.15, 0.2) is 24.3 Å². The van der Waals surface area contributed by atoms with Crippen LogP contribution in [0.25, 0.3) is 0 Å². The number of amides is 4. The minimum Gasteiger partial charge on any atom is -0.508 e. The van der Waals surface area contributed by atoms with Gasteiger partial charge in [-0.05, 0) is 49.7 Å². The van der Waals surface area contributed by atoms with E-state index in [1.165, 1.54) is 31.2 Å². The third-order valence-corrected chi connectivity index (χ3v) is 15.4. The second-order valence-corrected chi connectivity index (χ2v) is 20.8. The summed E-state index contributed by atoms with van der Waals surface area (Å²) in [6.45, 7) is 14.3. The van der Waals surface area contributed by atoms with Gasteiger partial charge in [0.05, 0.1) is 37.6 Å². The van der Waals surface area contributed by atoms with Gasteiger partial charge in [0.15, 0.2) is 14.4 Å². The fraction of sp³-hybridized carbons (Fsp3) is 0.694. The third kappa shape index (κ3) is 10.3. The van der Waals surface area contributed by atoms with Crippen LogP contribution in [0.4, 0.5) is 0 Å². The Hall–Kier alpha value is -3.65. The van der Waals surface area contributed by atoms with E-state index < -0.39 is 105 Å². The van der Waals surface area contributed by atoms with Crippen molar-refractivity contribution in [3.8, 4) is 5.75 Å². The lowest BCUT2D eigenvalue weighted by Gasteiger charge is -2.40. The van der Waals surface area contributed by atoms with E-state index in [1.807, 2.05) is 33.9 Å². The van der Waals surface area contributed by atoms with Gasteiger partial charge in [-0.25, -0.2) is 4.79 Å². The van der Waals surface area contributed by atoms with Gasteiger partial charge in [-0.1, -0.05) is 39.8 Å². The normalized spacial score (nSPS) is 25.3. The second-order valence-electron chi connectivity index (χ2n) is 16.1. The number of hydrogen-bond acceptors (Lipinski definition) is 13. The van der Waals surface area contributed by atoms with Gasteiger partial charge in [0, 0.05) is 31.8 Å². The molecule has 0 aliphatic carbocycles. The molecular formula is C36H59N5O12Si. The highest BCUT2D eigenvalue weighted by Gasteiger charge is 2.49. The highest BCUT2D eigenvalue weighted by molar-refractivity contribution is 6.74. The summed E-state index contributed by atoms with van der Waals surface area (Å²) in [5.41, 5.74) is 6.84. The molecule has 54 heavy (non-hydrogen) atoms. The maximum atomic E-state index is 14.0. The van der Waals surface area contributed by atoms with E-state index in [0.717, 1.165) is 16.9 Å². The molecule has 2 heterocycles. The van der Waals surface area contributed by atoms with Crippen LogP contribution in [-0.2, 0) is 39.6 Å². The predicted molar refractivity (Wildman–Crippen MR) is 198 cm³/mol. The number of methoxy groups -OCH3 is 1. The molecule has 2 aliphatic heterocycles. The number of phenolic OH excluding ortho intramolecular Hbond substituents is 1. The zero-order valence-corrected chi connectivity index (χ0v) is 33.6. The molecular weight excluding hydrogens is 723 g/mol. The topological polar surface area (TPSA) is 262 Å². The molecule has 0 saturated carbocycles. The largest absolute Gasteiger partial charge is 0.508 e. The van der Waals surface area contributed by atoms with Crippen molar-refractivity contribution >= 4 is 37.9 Å². The number of phenols is 1. The summed E-state index contributed by atoms with van der Waals surface area (Å²) in [7, 11) is -1.26. The SMILES string of the molecule is COC(=O)[C@@H]1[C@@H](O)[C@@H](C)CN1C(=O)C(NC(=O)[C@@H](NC(=O)C1C[C@@H](O)CN1C(=O)C(N)C(C)O[Si](C)(C)C(C)(C)C)[C@H](O)Cc1ccc(O)cc1)C(C)O. The molecule has 0 bridgehead atoms. The first-order chi connectivity index (χ1) is 24.9. The number of likely N-dealkylation sites (tertiary alicyclic amines) is 2. The fourth-order valence-electron chi connectivity index (χ4n) is 6.44. The Kier molecular flexibility index (Phi) is 14.8. The quantitative estimate of drug-likeness (QED) is 0.0810. The smallest absolute Gasteiger partial charge is 0.331 e. The Morgan fingerprint density at radius 1 is 0.963 bits per heavy atom. The molecule has 0 radical (unpaired) electrons. The Morgan fingerprint density at radius 3 is 2.09 bits per heavy atom. The van der Waals surface area contributed by atoms with Gasteiger partial charge >= 0.3 is 5.97 Å². The van der Waals surface area contributed by atoms with Crippen LogP contribution in [0.3, 0.4) is 0 Å². The van der Waals surface area contributed by atoms with E-state index in [2.05, 4.69) is 10.6 Å². The van der Waals surface area contributed by atoms with Crippen LogP contribution in [0.2, 0.25) is 18.1 Å². The molecule has 304 valence electrons. The summed E-state index contributed by atoms with van der Waals surface area (Å²) >= 11 is 0. The first-order valence-electron chi connectivity index (χ1n) is 18.1. The number of rotatable bonds is 14. The Balaban J connectivity index is 1.90. The molecule has 4 amide bonds. The maximum Gasteiger partial charge on any atom is 0.331 e. The number of carbonyl (C=O) groups is 5. The molecule has 1 aromatic rings. The van der Waals surface area contributed by atoms with E-state index >= 15 is 0 Å². The Bertz CT molecular complexity index is 1510. The number of nitrogens with zero attached hydrogens (tertiary/aromatic N) is 2. The molecule has 9 N–H and O–H groups in total. The maximum absolute atomic E-state index is 14.0. The molecule has 5 unspecified atom stereocenters. The Labute approximate surface area is 317 Å². The van der Waals surface area contributed by atoms with Crippen LogP contribution < -0.4 is 16.4 Å². The van der Waals surface area contributed by atoms with Crippen molar-refractivity contribution in [2.45, 2.75) is 133 Å². The van der Waals surface area contributed by atoms with Crippen molar-refractivity contribution in [3.05, 3.63) is 29.8 Å². The summed E-state index contributed by atoms with van der Waals surface area (Å²) in [4.78, 5) is 70.1. The number of nitrogens with one attached hydrogen (secondary N) is 2. The second kappa shape index (κ2) is 17.9. The van der Waals surface area contributed by atoms with Crippen molar-refractivity contribution in [1.29, 1.82) is 0 Å². The molecule has 2 aliphatic rings. The number of aliphatic hydroxyl groups is 4. The van der Waals surface area contributed by atoms with Gasteiger partial charge in [0.2, 0.25) is 23.6 Å². The molecule has 11 atom stereocenters. The molecule has 3 rings (SSSR count). The van der Waals surface area contributed by atoms with E-state index in [-0.39, 0.29) is 36.7 Å². The molecule has 1 aromatic carbocycles. The minimum absolute atomic E-state index is 0.0486. The van der Waals surface area contributed by atoms with Crippen molar-refractivity contribution in [3.63, 3.8) is 0 Å². The van der Waals surface area contributed by atoms with Crippen molar-refractivity contribution < 1.29 is 58.7 Å². The number of hydrogen-bond donors (Lipinski definition) is 8. The highest BCUT2D eigenvalue weighted by Crippen LogP contribution is 2.37. The zero-order valence-electron chi connectivity index (χ0n) is 32.6. The zero-order chi connectivity index (χ0) is 41.0. The number of esters is 1. The van der Waals surface area contributed by atoms with Crippen molar-refractivity contribution in [1.82, 2.24) is 20.4 Å². The van der Waals surface area contributed by atoms with E-state index in [1.54, 1.807) is 13.8 Å². The minimum atomic E-state index is -2.35. The first kappa shape index (κ1) is 44.7. The highest BCUT2D eigenvalue weighted by atomic mass is 28.4. The van der Waals surface area contributed by atoms with Crippen LogP contribution in [0.5, 0.6) is 5.75 Å². The number of benzene rings is 1. The van der Waals surface area contributed by atoms with Gasteiger partial charge < -0.3 is 60.9 Å². The van der Waals surface area contributed by atoms with Gasteiger partial charge in [0.25, 0.3) is 0 Å². The predicted octanol–water partition coefficient (Wildman–Crippen LogP) is -1.27. The van der Waals surface area contributed by atoms with E-state index in [9.17, 15) is 49.5 Å². The summed E-state index contributed by atoms with van der Waals surface area (Å²) in [5, 5.41) is 57.7. The summed E-state index contributed by atoms with van der Waals surface area (Å²) in [5.74, 6) is -5.08. The lowest BCUT2D eigenvalue weighted by atomic mass is 9.99. The van der Waals surface area contributed by atoms with Crippen molar-refractivity contribution in [2.75, 3.05) is 20.2 Å². The molecule has 2 fully saturated rings. The number of β-amino-alcohol motifs (C(OH)–C–C–N with tert-alkyl or cyclic N) is 1. The van der Waals surface area contributed by atoms with Crippen molar-refractivity contribution in [2.24, 2.45) is 11.7 Å². The van der Waals surface area contributed by atoms with Gasteiger partial charge in [-0.2, -0.15) is 0 Å². The number of carbonyl (C=O) groups excluding carboxylic acids is 5. The standard InChI is InChI=1S/C36H59N5O12Si/c1-18-16-41(29(30(18)46)35(51)52-7)34(50)27(19(2)42)38-32(48)28(25(45)14-21-10-12-22(43)13-11-21)39-31(47)24-15-23(44)17-40(24)33(49)26(37)20(3)53-54(8,9)36(4,5)6/h10-13,18-20,23-30,42-46H,14-17,37H2,1-9H3,(H,38,48)(H,39,47)/t18-,19?,20?,23+,24?,25+,26?,27?,28-,29-,30-/m0/s1. The van der Waals surface area contributed by atoms with Crippen LogP contribution >= 0.6 is 0 Å². The molecule has 18 heteroatoms. The summed E-state index contributed by atoms with van der Waals surface area (Å²) in [6, 6.07) is -1.69. The lowest BCUT2D eigenvalue weighted by molar-refractivity contribution is -0.156. The molecule has 0 spiro atoms. The first-order valence-corrected chi connectivity index (χ1v) is 21.1. The number of aliphatic hydroxyl groups excluding tert-OH is 4. The fourth-order valence-corrected chi connectivity index (χ4v) is 7.87. The summed E-state index contributed by atoms with van der Waals surface area (Å²) in [6.07, 6.45) is -6.77. The van der Waals surface area contributed by atoms with E-state index in [0.29, 0.717) is 5.56 Å². The van der Waals surface area contributed by atoms with Crippen LogP contribution in [0.1, 0.15) is 53.5 Å². The third-order valence-electron chi connectivity index (χ3n) is 10.8.